The van der Waals surface area contributed by atoms with Gasteiger partial charge in [-0.2, -0.15) is 0 Å². The molecule has 1 saturated heterocycles. The highest BCUT2D eigenvalue weighted by molar-refractivity contribution is 14.1. The molecule has 1 aromatic carbocycles. The van der Waals surface area contributed by atoms with E-state index in [9.17, 15) is 4.39 Å². The molecule has 0 bridgehead atoms. The third kappa shape index (κ3) is 3.31. The molecule has 1 aliphatic heterocycles. The van der Waals surface area contributed by atoms with Gasteiger partial charge in [0.05, 0.1) is 14.9 Å². The zero-order valence-electron chi connectivity index (χ0n) is 11.5. The van der Waals surface area contributed by atoms with Gasteiger partial charge in [0.2, 0.25) is 0 Å². The Balaban J connectivity index is 2.35. The molecule has 0 radical (unpaired) electrons. The predicted molar refractivity (Wildman–Crippen MR) is 87.1 cm³/mol. The molecule has 1 aliphatic rings. The Morgan fingerprint density at radius 3 is 2.84 bits per heavy atom. The highest BCUT2D eigenvalue weighted by Gasteiger charge is 2.24. The van der Waals surface area contributed by atoms with Crippen molar-refractivity contribution >= 4 is 34.0 Å². The van der Waals surface area contributed by atoms with Crippen LogP contribution in [0.1, 0.15) is 19.8 Å². The number of rotatable bonds is 2. The lowest BCUT2D eigenvalue weighted by Crippen LogP contribution is -2.40. The third-order valence-electron chi connectivity index (χ3n) is 3.75. The molecule has 2 N–H and O–H groups in total. The van der Waals surface area contributed by atoms with Crippen LogP contribution in [0.25, 0.3) is 0 Å². The molecule has 1 heterocycles. The van der Waals surface area contributed by atoms with E-state index < -0.39 is 0 Å². The molecule has 19 heavy (non-hydrogen) atoms. The van der Waals surface area contributed by atoms with Crippen LogP contribution < -0.4 is 10.6 Å². The first-order chi connectivity index (χ1) is 9.02. The lowest BCUT2D eigenvalue weighted by atomic mass is 10.1. The van der Waals surface area contributed by atoms with Gasteiger partial charge >= 0.3 is 0 Å². The number of nitrogens with zero attached hydrogens (tertiary/aromatic N) is 2. The Kier molecular flexibility index (Phi) is 4.89. The van der Waals surface area contributed by atoms with E-state index in [1.807, 2.05) is 22.6 Å². The smallest absolute Gasteiger partial charge is 0.138 e. The van der Waals surface area contributed by atoms with E-state index in [1.54, 1.807) is 12.1 Å². The van der Waals surface area contributed by atoms with E-state index in [2.05, 4.69) is 23.8 Å². The van der Waals surface area contributed by atoms with Gasteiger partial charge in [0, 0.05) is 25.2 Å². The van der Waals surface area contributed by atoms with Crippen LogP contribution in [0.3, 0.4) is 0 Å². The summed E-state index contributed by atoms with van der Waals surface area (Å²) >= 11 is 1.98. The Bertz CT molecular complexity index is 453. The van der Waals surface area contributed by atoms with Gasteiger partial charge in [-0.05, 0) is 55.1 Å². The number of hydrogen-bond acceptors (Lipinski definition) is 3. The van der Waals surface area contributed by atoms with Crippen LogP contribution in [0.2, 0.25) is 0 Å². The fraction of sp³-hybridized carbons (Fsp3) is 0.571. The molecule has 0 spiro atoms. The van der Waals surface area contributed by atoms with Gasteiger partial charge in [0.25, 0.3) is 0 Å². The molecule has 2 rings (SSSR count). The fourth-order valence-electron chi connectivity index (χ4n) is 2.71. The minimum atomic E-state index is -0.183. The molecular weight excluding hydrogens is 356 g/mol. The van der Waals surface area contributed by atoms with Crippen molar-refractivity contribution in [2.45, 2.75) is 25.8 Å². The minimum absolute atomic E-state index is 0.183. The highest BCUT2D eigenvalue weighted by atomic mass is 127. The van der Waals surface area contributed by atoms with Crippen LogP contribution in [-0.2, 0) is 0 Å². The molecule has 0 aliphatic carbocycles. The Hall–Kier alpha value is -0.560. The Morgan fingerprint density at radius 2 is 2.16 bits per heavy atom. The molecule has 1 unspecified atom stereocenters. The van der Waals surface area contributed by atoms with E-state index in [0.717, 1.165) is 38.2 Å². The monoisotopic (exact) mass is 377 g/mol. The molecule has 5 heteroatoms. The summed E-state index contributed by atoms with van der Waals surface area (Å²) in [6.07, 6.45) is 2.12. The second-order valence-electron chi connectivity index (χ2n) is 5.20. The molecule has 1 atom stereocenters. The quantitative estimate of drug-likeness (QED) is 0.636. The van der Waals surface area contributed by atoms with Crippen LogP contribution in [0.5, 0.6) is 0 Å². The van der Waals surface area contributed by atoms with E-state index >= 15 is 0 Å². The van der Waals surface area contributed by atoms with Gasteiger partial charge < -0.3 is 15.5 Å². The maximum Gasteiger partial charge on any atom is 0.138 e. The molecule has 0 amide bonds. The van der Waals surface area contributed by atoms with Gasteiger partial charge in [-0.15, -0.1) is 0 Å². The van der Waals surface area contributed by atoms with Crippen LogP contribution in [0.15, 0.2) is 12.1 Å². The van der Waals surface area contributed by atoms with Crippen molar-refractivity contribution in [2.24, 2.45) is 0 Å². The van der Waals surface area contributed by atoms with Gasteiger partial charge in [0.1, 0.15) is 5.82 Å². The Morgan fingerprint density at radius 1 is 1.42 bits per heavy atom. The van der Waals surface area contributed by atoms with Gasteiger partial charge in [-0.25, -0.2) is 4.39 Å². The van der Waals surface area contributed by atoms with Crippen molar-refractivity contribution in [1.82, 2.24) is 4.90 Å². The largest absolute Gasteiger partial charge is 0.397 e. The van der Waals surface area contributed by atoms with Gasteiger partial charge in [0.15, 0.2) is 0 Å². The molecule has 1 fully saturated rings. The summed E-state index contributed by atoms with van der Waals surface area (Å²) in [4.78, 5) is 4.62. The number of hydrogen-bond donors (Lipinski definition) is 1. The minimum Gasteiger partial charge on any atom is -0.397 e. The van der Waals surface area contributed by atoms with Gasteiger partial charge in [-0.3, -0.25) is 0 Å². The van der Waals surface area contributed by atoms with Crippen molar-refractivity contribution in [2.75, 3.05) is 37.3 Å². The zero-order chi connectivity index (χ0) is 14.0. The molecule has 0 aromatic heterocycles. The molecule has 0 saturated carbocycles. The van der Waals surface area contributed by atoms with E-state index in [4.69, 9.17) is 5.73 Å². The van der Waals surface area contributed by atoms with E-state index in [0.29, 0.717) is 15.3 Å². The maximum absolute atomic E-state index is 13.8. The number of likely N-dealkylation sites (N-methyl/N-ethyl adjacent to an activating group) is 1. The standard InChI is InChI=1S/C14H21FIN3/c1-3-10-9-18(2)5-4-6-19(10)14-7-11(15)12(16)8-13(14)17/h7-8,10H,3-6,9,17H2,1-2H3. The zero-order valence-corrected chi connectivity index (χ0v) is 13.7. The van der Waals surface area contributed by atoms with E-state index in [1.165, 1.54) is 0 Å². The average molecular weight is 377 g/mol. The normalized spacial score (nSPS) is 21.5. The first-order valence-corrected chi connectivity index (χ1v) is 7.80. The number of halogens is 2. The number of anilines is 2. The van der Waals surface area contributed by atoms with Gasteiger partial charge in [-0.1, -0.05) is 6.92 Å². The maximum atomic E-state index is 13.8. The van der Waals surface area contributed by atoms with Crippen molar-refractivity contribution < 1.29 is 4.39 Å². The van der Waals surface area contributed by atoms with Crippen LogP contribution in [0, 0.1) is 9.39 Å². The second kappa shape index (κ2) is 6.26. The number of nitrogens with two attached hydrogens (primary N) is 1. The summed E-state index contributed by atoms with van der Waals surface area (Å²) in [7, 11) is 2.14. The molecule has 1 aromatic rings. The summed E-state index contributed by atoms with van der Waals surface area (Å²) in [6.45, 7) is 5.20. The Labute approximate surface area is 128 Å². The van der Waals surface area contributed by atoms with Crippen molar-refractivity contribution in [1.29, 1.82) is 0 Å². The summed E-state index contributed by atoms with van der Waals surface area (Å²) in [6, 6.07) is 3.71. The highest BCUT2D eigenvalue weighted by Crippen LogP contribution is 2.30. The number of nitrogen functional groups attached to an aromatic ring is 1. The molecule has 106 valence electrons. The number of benzene rings is 1. The van der Waals surface area contributed by atoms with E-state index in [-0.39, 0.29) is 5.82 Å². The van der Waals surface area contributed by atoms with Crippen molar-refractivity contribution in [3.05, 3.63) is 21.5 Å². The van der Waals surface area contributed by atoms with Crippen LogP contribution >= 0.6 is 22.6 Å². The van der Waals surface area contributed by atoms with Crippen molar-refractivity contribution in [3.63, 3.8) is 0 Å². The topological polar surface area (TPSA) is 32.5 Å². The predicted octanol–water partition coefficient (Wildman–Crippen LogP) is 2.93. The summed E-state index contributed by atoms with van der Waals surface area (Å²) in [5, 5.41) is 0. The first-order valence-electron chi connectivity index (χ1n) is 6.72. The van der Waals surface area contributed by atoms with Crippen LogP contribution in [-0.4, -0.2) is 37.6 Å². The summed E-state index contributed by atoms with van der Waals surface area (Å²) < 4.78 is 14.4. The average Bonchev–Trinajstić information content (AvgIpc) is 2.55. The lowest BCUT2D eigenvalue weighted by molar-refractivity contribution is 0.328. The molecular formula is C14H21FIN3. The van der Waals surface area contributed by atoms with Crippen molar-refractivity contribution in [3.8, 4) is 0 Å². The summed E-state index contributed by atoms with van der Waals surface area (Å²) in [5.41, 5.74) is 7.62. The lowest BCUT2D eigenvalue weighted by Gasteiger charge is -2.33. The first kappa shape index (κ1) is 14.8. The SMILES string of the molecule is CCC1CN(C)CCCN1c1cc(F)c(I)cc1N. The third-order valence-corrected chi connectivity index (χ3v) is 4.58. The summed E-state index contributed by atoms with van der Waals surface area (Å²) in [5.74, 6) is -0.183. The van der Waals surface area contributed by atoms with Crippen LogP contribution in [0.4, 0.5) is 15.8 Å². The molecule has 3 nitrogen and oxygen atoms in total. The fourth-order valence-corrected chi connectivity index (χ4v) is 3.20. The second-order valence-corrected chi connectivity index (χ2v) is 6.36.